The number of ether oxygens (including phenoxy) is 6. The van der Waals surface area contributed by atoms with Gasteiger partial charge in [-0.25, -0.2) is 0 Å². The van der Waals surface area contributed by atoms with Gasteiger partial charge in [0.25, 0.3) is 0 Å². The molecule has 0 radical (unpaired) electrons. The Morgan fingerprint density at radius 2 is 1.29 bits per heavy atom. The number of ketones is 2. The van der Waals surface area contributed by atoms with E-state index in [0.29, 0.717) is 12.8 Å². The van der Waals surface area contributed by atoms with Crippen LogP contribution in [0.15, 0.2) is 12.1 Å². The van der Waals surface area contributed by atoms with Crippen LogP contribution in [0.4, 0.5) is 0 Å². The van der Waals surface area contributed by atoms with Gasteiger partial charge in [-0.15, -0.1) is 0 Å². The molecule has 16 heteroatoms. The van der Waals surface area contributed by atoms with Crippen molar-refractivity contribution >= 4 is 11.6 Å². The summed E-state index contributed by atoms with van der Waals surface area (Å²) in [5.74, 6) is -4.36. The minimum Gasteiger partial charge on any atom is -0.507 e. The maximum absolute atomic E-state index is 13.9. The molecule has 16 nitrogen and oxygen atoms in total. The monoisotopic (exact) mass is 787 g/mol. The summed E-state index contributed by atoms with van der Waals surface area (Å²) in [6, 6.07) is 1.77. The lowest BCUT2D eigenvalue weighted by atomic mass is 9.71. The zero-order valence-corrected chi connectivity index (χ0v) is 32.4. The van der Waals surface area contributed by atoms with Crippen LogP contribution in [0.25, 0.3) is 0 Å². The Labute approximate surface area is 324 Å². The second-order valence-electron chi connectivity index (χ2n) is 16.1. The Balaban J connectivity index is 1.11. The summed E-state index contributed by atoms with van der Waals surface area (Å²) in [6.07, 6.45) is -6.45. The van der Waals surface area contributed by atoms with Gasteiger partial charge in [-0.05, 0) is 72.7 Å². The Bertz CT molecular complexity index is 1840. The summed E-state index contributed by atoms with van der Waals surface area (Å²) >= 11 is 0. The molecule has 2 aliphatic carbocycles. The fraction of sp³-hybridized carbons (Fsp3) is 0.650. The van der Waals surface area contributed by atoms with E-state index in [9.17, 15) is 45.3 Å². The number of carbonyl (C=O) groups excluding carboxylic acids is 2. The third kappa shape index (κ3) is 6.97. The third-order valence-corrected chi connectivity index (χ3v) is 12.3. The van der Waals surface area contributed by atoms with Crippen LogP contribution in [0.1, 0.15) is 115 Å². The number of benzene rings is 2. The van der Waals surface area contributed by atoms with Crippen LogP contribution in [0.3, 0.4) is 0 Å². The molecule has 0 spiro atoms. The van der Waals surface area contributed by atoms with Crippen LogP contribution in [-0.4, -0.2) is 140 Å². The molecular formula is C40H53NO15. The number of hydrogen-bond acceptors (Lipinski definition) is 16. The lowest BCUT2D eigenvalue weighted by molar-refractivity contribution is -0.331. The van der Waals surface area contributed by atoms with E-state index in [1.165, 1.54) is 0 Å². The van der Waals surface area contributed by atoms with Crippen molar-refractivity contribution in [3.05, 3.63) is 45.5 Å². The Kier molecular flexibility index (Phi) is 11.2. The van der Waals surface area contributed by atoms with Crippen molar-refractivity contribution in [2.45, 2.75) is 152 Å². The lowest BCUT2D eigenvalue weighted by Crippen LogP contribution is -2.58. The highest BCUT2D eigenvalue weighted by atomic mass is 16.7. The Morgan fingerprint density at radius 3 is 1.86 bits per heavy atom. The number of rotatable bonds is 8. The maximum atomic E-state index is 13.9. The molecule has 56 heavy (non-hydrogen) atoms. The highest BCUT2D eigenvalue weighted by Gasteiger charge is 2.51. The second-order valence-corrected chi connectivity index (χ2v) is 16.1. The van der Waals surface area contributed by atoms with Crippen molar-refractivity contribution < 1.29 is 73.8 Å². The van der Waals surface area contributed by atoms with Crippen LogP contribution in [0.2, 0.25) is 0 Å². The van der Waals surface area contributed by atoms with Crippen LogP contribution < -0.4 is 0 Å². The van der Waals surface area contributed by atoms with Crippen LogP contribution in [0, 0.1) is 0 Å². The van der Waals surface area contributed by atoms with E-state index >= 15 is 0 Å². The average Bonchev–Trinajstić information content (AvgIpc) is 3.14. The topological polar surface area (TPSA) is 234 Å². The maximum Gasteiger partial charge on any atom is 0.202 e. The van der Waals surface area contributed by atoms with E-state index in [1.807, 2.05) is 19.0 Å². The molecule has 5 aliphatic rings. The van der Waals surface area contributed by atoms with Gasteiger partial charge < -0.3 is 69.1 Å². The minimum atomic E-state index is -1.60. The first-order valence-corrected chi connectivity index (χ1v) is 19.4. The standard InChI is InChI=1S/C40H53NO15/c1-7-40(50)13-12-19-28(34(47)32-31(33(19)46)35(48)29-22(43)8-9-23(44)30(29)36(32)49)39(40)56-26-14-20(41(5)6)37(17(3)52-26)55-27-15-24(45)38(18(4)53-27)54-25-11-10-21(42)16(2)51-25/h8-9,16-18,20-21,24-27,37-39,42-47,50H,7,10-15H2,1-6H3. The van der Waals surface area contributed by atoms with Crippen molar-refractivity contribution in [3.8, 4) is 23.0 Å². The number of aliphatic hydroxyl groups is 3. The second kappa shape index (κ2) is 15.4. The summed E-state index contributed by atoms with van der Waals surface area (Å²) in [6.45, 7) is 7.09. The molecule has 3 aliphatic heterocycles. The Morgan fingerprint density at radius 1 is 0.732 bits per heavy atom. The zero-order chi connectivity index (χ0) is 40.5. The van der Waals surface area contributed by atoms with Crippen LogP contribution in [-0.2, 0) is 34.8 Å². The number of nitrogens with zero attached hydrogens (tertiary/aromatic N) is 1. The van der Waals surface area contributed by atoms with Gasteiger partial charge in [-0.1, -0.05) is 6.92 Å². The molecule has 0 saturated carbocycles. The normalized spacial score (nSPS) is 37.2. The summed E-state index contributed by atoms with van der Waals surface area (Å²) in [5.41, 5.74) is -3.63. The summed E-state index contributed by atoms with van der Waals surface area (Å²) in [5, 5.41) is 77.6. The van der Waals surface area contributed by atoms with E-state index in [1.54, 1.807) is 27.7 Å². The number of aromatic hydroxyl groups is 4. The first-order chi connectivity index (χ1) is 26.4. The average molecular weight is 788 g/mol. The van der Waals surface area contributed by atoms with E-state index in [4.69, 9.17) is 28.4 Å². The van der Waals surface area contributed by atoms with Crippen molar-refractivity contribution in [3.63, 3.8) is 0 Å². The molecule has 0 amide bonds. The van der Waals surface area contributed by atoms with Gasteiger partial charge in [0.15, 0.2) is 18.9 Å². The molecule has 2 aromatic carbocycles. The number of fused-ring (bicyclic) bond motifs is 3. The number of phenols is 4. The summed E-state index contributed by atoms with van der Waals surface area (Å²) in [7, 11) is 3.73. The molecule has 7 N–H and O–H groups in total. The molecule has 3 fully saturated rings. The van der Waals surface area contributed by atoms with Gasteiger partial charge in [0.1, 0.15) is 41.3 Å². The smallest absolute Gasteiger partial charge is 0.202 e. The number of aliphatic hydroxyl groups excluding tert-OH is 2. The van der Waals surface area contributed by atoms with Crippen LogP contribution >= 0.6 is 0 Å². The van der Waals surface area contributed by atoms with E-state index in [2.05, 4.69) is 0 Å². The summed E-state index contributed by atoms with van der Waals surface area (Å²) in [4.78, 5) is 29.5. The number of carbonyl (C=O) groups is 2. The highest BCUT2D eigenvalue weighted by Crippen LogP contribution is 2.54. The predicted octanol–water partition coefficient (Wildman–Crippen LogP) is 2.65. The number of likely N-dealkylation sites (N-methyl/N-ethyl adjacent to an activating group) is 1. The van der Waals surface area contributed by atoms with Crippen LogP contribution in [0.5, 0.6) is 23.0 Å². The Hall–Kier alpha value is -3.42. The lowest BCUT2D eigenvalue weighted by Gasteiger charge is -2.48. The quantitative estimate of drug-likeness (QED) is 0.163. The largest absolute Gasteiger partial charge is 0.507 e. The molecule has 0 aromatic heterocycles. The summed E-state index contributed by atoms with van der Waals surface area (Å²) < 4.78 is 37.5. The van der Waals surface area contributed by atoms with Gasteiger partial charge in [-0.3, -0.25) is 9.59 Å². The SMILES string of the molecule is CCC1(O)CCc2c(O)c3c(c(O)c2C1OC1CC(N(C)C)C(OC2CC(O)C(OC4CCC(O)C(C)O4)C(C)O2)C(C)O1)C(=O)c1c(O)ccc(O)c1C3=O. The predicted molar refractivity (Wildman–Crippen MR) is 195 cm³/mol. The molecule has 13 unspecified atom stereocenters. The molecular weight excluding hydrogens is 734 g/mol. The van der Waals surface area contributed by atoms with Crippen molar-refractivity contribution in [1.29, 1.82) is 0 Å². The van der Waals surface area contributed by atoms with Crippen molar-refractivity contribution in [2.24, 2.45) is 0 Å². The number of hydrogen-bond donors (Lipinski definition) is 7. The minimum absolute atomic E-state index is 0.0260. The van der Waals surface area contributed by atoms with E-state index in [-0.39, 0.29) is 49.3 Å². The van der Waals surface area contributed by atoms with Gasteiger partial charge in [0.2, 0.25) is 11.6 Å². The van der Waals surface area contributed by atoms with E-state index < -0.39 is 130 Å². The van der Waals surface area contributed by atoms with Gasteiger partial charge in [-0.2, -0.15) is 0 Å². The molecule has 7 rings (SSSR count). The van der Waals surface area contributed by atoms with Gasteiger partial charge in [0, 0.05) is 36.4 Å². The molecule has 0 bridgehead atoms. The van der Waals surface area contributed by atoms with E-state index in [0.717, 1.165) is 12.1 Å². The van der Waals surface area contributed by atoms with Crippen molar-refractivity contribution in [1.82, 2.24) is 4.90 Å². The molecule has 3 heterocycles. The fourth-order valence-electron chi connectivity index (χ4n) is 9.02. The van der Waals surface area contributed by atoms with Crippen molar-refractivity contribution in [2.75, 3.05) is 14.1 Å². The van der Waals surface area contributed by atoms with Gasteiger partial charge in [0.05, 0.1) is 58.4 Å². The molecule has 308 valence electrons. The third-order valence-electron chi connectivity index (χ3n) is 12.3. The van der Waals surface area contributed by atoms with Gasteiger partial charge >= 0.3 is 0 Å². The molecule has 3 saturated heterocycles. The molecule has 13 atom stereocenters. The first kappa shape index (κ1) is 40.8. The zero-order valence-electron chi connectivity index (χ0n) is 32.4. The first-order valence-electron chi connectivity index (χ1n) is 19.4. The number of phenolic OH excluding ortho intramolecular Hbond substituents is 4. The fourth-order valence-corrected chi connectivity index (χ4v) is 9.02. The molecule has 2 aromatic rings. The highest BCUT2D eigenvalue weighted by molar-refractivity contribution is 6.32.